The third kappa shape index (κ3) is 17.7. The van der Waals surface area contributed by atoms with Crippen LogP contribution in [0.25, 0.3) is 33.3 Å². The van der Waals surface area contributed by atoms with Crippen molar-refractivity contribution in [3.63, 3.8) is 0 Å². The number of H-pyrrole nitrogens is 2. The SMILES string of the molecule is C=CC1=C(C)c2cc3[n-]c(c(CC(=O)OC)c4[nH+]c(cc5[n-]c(cc1[nH+]2)c(C)c5CC)C(C)=C4C(=O)NCCCC(OCC)OCC)C(CCC(=O)OC/C=C(\C)CCCC(C)CCCC(C)CCCC(C)C)C3C.[Mg+2]. The molecule has 3 aliphatic rings. The Balaban J connectivity index is 0.0000125. The molecule has 0 aliphatic carbocycles. The van der Waals surface area contributed by atoms with E-state index < -0.39 is 5.97 Å². The number of carbonyl (C=O) groups is 3. The first-order valence-electron chi connectivity index (χ1n) is 28.4. The van der Waals surface area contributed by atoms with E-state index in [4.69, 9.17) is 28.9 Å². The van der Waals surface area contributed by atoms with E-state index >= 15 is 0 Å². The molecule has 0 radical (unpaired) electrons. The molecule has 5 heterocycles. The summed E-state index contributed by atoms with van der Waals surface area (Å²) in [6.45, 7) is 31.5. The maximum atomic E-state index is 14.7. The first kappa shape index (κ1) is 64.0. The van der Waals surface area contributed by atoms with E-state index in [1.165, 1.54) is 57.6 Å². The van der Waals surface area contributed by atoms with Crippen LogP contribution in [0.2, 0.25) is 0 Å². The van der Waals surface area contributed by atoms with Crippen molar-refractivity contribution >= 4 is 74.2 Å². The van der Waals surface area contributed by atoms with E-state index in [-0.39, 0.29) is 72.5 Å². The van der Waals surface area contributed by atoms with Gasteiger partial charge in [-0.25, -0.2) is 9.97 Å². The molecular weight excluding hydrogens is 963 g/mol. The van der Waals surface area contributed by atoms with Crippen molar-refractivity contribution in [3.05, 3.63) is 93.4 Å². The number of aromatic nitrogens is 4. The normalized spacial score (nSPS) is 16.0. The third-order valence-corrected chi connectivity index (χ3v) is 15.6. The first-order chi connectivity index (χ1) is 35.9. The molecule has 0 saturated heterocycles. The Morgan fingerprint density at radius 3 is 2.05 bits per heavy atom. The molecular formula is C63H93MgN5O7+2. The first-order valence-corrected chi connectivity index (χ1v) is 28.4. The van der Waals surface area contributed by atoms with Gasteiger partial charge in [-0.2, -0.15) is 0 Å². The van der Waals surface area contributed by atoms with E-state index in [9.17, 15) is 14.4 Å². The van der Waals surface area contributed by atoms with E-state index in [2.05, 4.69) is 96.3 Å². The number of allylic oxidation sites excluding steroid dienone is 5. The number of ether oxygens (including phenoxy) is 4. The zero-order valence-electron chi connectivity index (χ0n) is 49.0. The number of carbonyl (C=O) groups excluding carboxylic acids is 3. The van der Waals surface area contributed by atoms with Crippen LogP contribution < -0.4 is 25.3 Å². The van der Waals surface area contributed by atoms with Crippen LogP contribution in [0.1, 0.15) is 222 Å². The number of hydrogen-bond donors (Lipinski definition) is 1. The summed E-state index contributed by atoms with van der Waals surface area (Å²) in [5, 5.41) is 3.17. The Labute approximate surface area is 472 Å². The van der Waals surface area contributed by atoms with Gasteiger partial charge in [-0.3, -0.25) is 14.4 Å². The van der Waals surface area contributed by atoms with Gasteiger partial charge in [-0.1, -0.05) is 116 Å². The average molecular weight is 1060 g/mol. The second kappa shape index (κ2) is 31.7. The summed E-state index contributed by atoms with van der Waals surface area (Å²) in [6, 6.07) is 6.15. The number of aryl methyl sites for hydroxylation is 2. The van der Waals surface area contributed by atoms with Crippen molar-refractivity contribution < 1.29 is 43.3 Å². The summed E-state index contributed by atoms with van der Waals surface area (Å²) in [4.78, 5) is 59.9. The molecule has 13 heteroatoms. The second-order valence-electron chi connectivity index (χ2n) is 21.8. The van der Waals surface area contributed by atoms with E-state index in [1.54, 1.807) is 0 Å². The van der Waals surface area contributed by atoms with Crippen LogP contribution in [0.4, 0.5) is 0 Å². The smallest absolute Gasteiger partial charge is 0.664 e. The zero-order valence-corrected chi connectivity index (χ0v) is 50.4. The van der Waals surface area contributed by atoms with Gasteiger partial charge in [0.25, 0.3) is 5.91 Å². The number of amides is 1. The quantitative estimate of drug-likeness (QED) is 0.0264. The number of rotatable bonds is 30. The van der Waals surface area contributed by atoms with Crippen LogP contribution in [0.15, 0.2) is 42.5 Å². The average Bonchev–Trinajstić information content (AvgIpc) is 4.06. The predicted molar refractivity (Wildman–Crippen MR) is 308 cm³/mol. The second-order valence-corrected chi connectivity index (χ2v) is 21.8. The molecule has 0 spiro atoms. The minimum atomic E-state index is -0.483. The van der Waals surface area contributed by atoms with Gasteiger partial charge in [0.15, 0.2) is 6.29 Å². The van der Waals surface area contributed by atoms with Gasteiger partial charge in [-0.05, 0) is 128 Å². The molecule has 12 nitrogen and oxygen atoms in total. The summed E-state index contributed by atoms with van der Waals surface area (Å²) in [5.74, 6) is 0.725. The molecule has 412 valence electrons. The predicted octanol–water partition coefficient (Wildman–Crippen LogP) is 12.3. The molecule has 5 rings (SSSR count). The van der Waals surface area contributed by atoms with Crippen molar-refractivity contribution in [1.29, 1.82) is 0 Å². The maximum absolute atomic E-state index is 14.7. The van der Waals surface area contributed by atoms with Crippen LogP contribution in [0, 0.1) is 24.7 Å². The van der Waals surface area contributed by atoms with Gasteiger partial charge in [-0.15, -0.1) is 22.4 Å². The number of aromatic amines is 2. The fraction of sp³-hybridized carbons (Fsp3) is 0.603. The van der Waals surface area contributed by atoms with Crippen molar-refractivity contribution in [2.45, 2.75) is 198 Å². The number of hydrogen-bond acceptors (Lipinski definition) is 7. The number of nitrogens with one attached hydrogen (secondary N) is 3. The van der Waals surface area contributed by atoms with Crippen molar-refractivity contribution in [1.82, 2.24) is 15.3 Å². The van der Waals surface area contributed by atoms with Gasteiger partial charge < -0.3 is 34.2 Å². The molecule has 2 aromatic heterocycles. The Kier molecular flexibility index (Phi) is 26.7. The van der Waals surface area contributed by atoms with Crippen LogP contribution in [-0.2, 0) is 46.2 Å². The molecule has 3 aliphatic heterocycles. The van der Waals surface area contributed by atoms with Crippen LogP contribution in [0.3, 0.4) is 0 Å². The number of methoxy groups -OCH3 is 1. The van der Waals surface area contributed by atoms with Crippen molar-refractivity contribution in [2.24, 2.45) is 17.8 Å². The number of esters is 2. The van der Waals surface area contributed by atoms with Crippen molar-refractivity contribution in [2.75, 3.05) is 33.5 Å². The van der Waals surface area contributed by atoms with Gasteiger partial charge in [0.05, 0.1) is 19.1 Å². The minimum absolute atomic E-state index is 0. The summed E-state index contributed by atoms with van der Waals surface area (Å²) in [7, 11) is 1.36. The van der Waals surface area contributed by atoms with Crippen LogP contribution in [0.5, 0.6) is 0 Å². The third-order valence-electron chi connectivity index (χ3n) is 15.6. The Hall–Kier alpha value is -4.56. The summed E-state index contributed by atoms with van der Waals surface area (Å²) in [5.41, 5.74) is 13.0. The fourth-order valence-corrected chi connectivity index (χ4v) is 10.9. The van der Waals surface area contributed by atoms with Gasteiger partial charge in [0.2, 0.25) is 22.8 Å². The molecule has 0 aromatic carbocycles. The molecule has 2 aromatic rings. The summed E-state index contributed by atoms with van der Waals surface area (Å²) in [6.07, 6.45) is 17.1. The molecule has 0 saturated carbocycles. The van der Waals surface area contributed by atoms with E-state index in [0.29, 0.717) is 78.7 Å². The summed E-state index contributed by atoms with van der Waals surface area (Å²) >= 11 is 0. The fourth-order valence-electron chi connectivity index (χ4n) is 10.9. The topological polar surface area (TPSA) is 157 Å². The number of nitrogens with zero attached hydrogens (tertiary/aromatic N) is 2. The summed E-state index contributed by atoms with van der Waals surface area (Å²) < 4.78 is 22.8. The molecule has 0 fully saturated rings. The Morgan fingerprint density at radius 1 is 0.776 bits per heavy atom. The number of fused-ring (bicyclic) bond motifs is 8. The van der Waals surface area contributed by atoms with E-state index in [0.717, 1.165) is 81.5 Å². The Bertz CT molecular complexity index is 2600. The molecule has 1 amide bonds. The monoisotopic (exact) mass is 1060 g/mol. The maximum Gasteiger partial charge on any atom is 2.00 e. The largest absolute Gasteiger partial charge is 2.00 e. The Morgan fingerprint density at radius 2 is 1.42 bits per heavy atom. The minimum Gasteiger partial charge on any atom is -0.664 e. The van der Waals surface area contributed by atoms with Gasteiger partial charge in [0.1, 0.15) is 12.2 Å². The van der Waals surface area contributed by atoms with Crippen molar-refractivity contribution in [3.8, 4) is 0 Å². The molecule has 4 unspecified atom stereocenters. The van der Waals surface area contributed by atoms with Gasteiger partial charge >= 0.3 is 35.0 Å². The standard InChI is InChI=1S/C63H92N5O7.Mg/c1-15-47-43(10)51-36-53-45(12)49(30-31-57(69)75-34-32-42(9)28-21-27-41(8)26-20-25-40(7)24-19-23-39(5)6)61(67-53)50(35-58(70)72-14)62-60(63(71)64-33-22-29-59(73-17-3)74-18-4)46(13)54(68-62)38-56-48(16-2)44(11)52(66-56)37-55(47)65-51;/h15,32,36-41,45,49,59H,1,16-31,33-35H2,2-14H3,(H2-,64,65,66,67,68,71);/q-1;+2/p+1/b42-32+;. The molecule has 8 bridgehead atoms. The molecule has 4 atom stereocenters. The van der Waals surface area contributed by atoms with Gasteiger partial charge in [0, 0.05) is 49.3 Å². The van der Waals surface area contributed by atoms with Crippen LogP contribution in [-0.4, -0.2) is 80.7 Å². The van der Waals surface area contributed by atoms with Crippen LogP contribution >= 0.6 is 0 Å². The van der Waals surface area contributed by atoms with E-state index in [1.807, 2.05) is 39.0 Å². The molecule has 76 heavy (non-hydrogen) atoms. The molecule has 3 N–H and O–H groups in total. The zero-order chi connectivity index (χ0) is 54.8.